The van der Waals surface area contributed by atoms with Gasteiger partial charge in [-0.2, -0.15) is 0 Å². The number of benzene rings is 1. The average Bonchev–Trinajstić information content (AvgIpc) is 2.95. The number of thiophene rings is 1. The molecule has 0 bridgehead atoms. The third kappa shape index (κ3) is 2.31. The molecule has 1 heterocycles. The van der Waals surface area contributed by atoms with Crippen LogP contribution >= 0.6 is 11.3 Å². The molecule has 0 saturated heterocycles. The molecule has 3 rings (SSSR count). The lowest BCUT2D eigenvalue weighted by atomic mass is 10.0. The topological polar surface area (TPSA) is 38.0 Å². The van der Waals surface area contributed by atoms with Gasteiger partial charge in [0.25, 0.3) is 0 Å². The second-order valence-electron chi connectivity index (χ2n) is 5.06. The normalized spacial score (nSPS) is 15.5. The van der Waals surface area contributed by atoms with Gasteiger partial charge in [0.05, 0.1) is 6.04 Å². The van der Waals surface area contributed by atoms with Gasteiger partial charge in [-0.3, -0.25) is 5.84 Å². The van der Waals surface area contributed by atoms with Crippen molar-refractivity contribution in [2.75, 3.05) is 0 Å². The lowest BCUT2D eigenvalue weighted by Crippen LogP contribution is -2.28. The lowest BCUT2D eigenvalue weighted by molar-refractivity contribution is 0.601. The van der Waals surface area contributed by atoms with Gasteiger partial charge in [0.1, 0.15) is 5.82 Å². The van der Waals surface area contributed by atoms with Gasteiger partial charge in [-0.05, 0) is 55.0 Å². The Balaban J connectivity index is 1.96. The SMILES string of the molecule is Cc1ccc(C(NN)c2cc3c(s2)CCC3)cc1F. The Kier molecular flexibility index (Phi) is 3.39. The Morgan fingerprint density at radius 3 is 2.84 bits per heavy atom. The minimum absolute atomic E-state index is 0.120. The highest BCUT2D eigenvalue weighted by Gasteiger charge is 2.21. The van der Waals surface area contributed by atoms with Crippen LogP contribution in [0.4, 0.5) is 4.39 Å². The van der Waals surface area contributed by atoms with Crippen LogP contribution in [0.25, 0.3) is 0 Å². The van der Waals surface area contributed by atoms with Crippen LogP contribution in [-0.2, 0) is 12.8 Å². The first-order valence-corrected chi connectivity index (χ1v) is 7.34. The summed E-state index contributed by atoms with van der Waals surface area (Å²) in [7, 11) is 0. The van der Waals surface area contributed by atoms with Crippen LogP contribution in [0, 0.1) is 12.7 Å². The molecule has 2 aromatic rings. The summed E-state index contributed by atoms with van der Waals surface area (Å²) in [5.41, 5.74) is 5.79. The molecule has 0 aliphatic heterocycles. The van der Waals surface area contributed by atoms with Gasteiger partial charge >= 0.3 is 0 Å². The Morgan fingerprint density at radius 2 is 2.16 bits per heavy atom. The first-order valence-electron chi connectivity index (χ1n) is 6.52. The van der Waals surface area contributed by atoms with Crippen LogP contribution in [-0.4, -0.2) is 0 Å². The maximum atomic E-state index is 13.7. The molecule has 2 nitrogen and oxygen atoms in total. The predicted octanol–water partition coefficient (Wildman–Crippen LogP) is 3.24. The lowest BCUT2D eigenvalue weighted by Gasteiger charge is -2.15. The van der Waals surface area contributed by atoms with Crippen LogP contribution in [0.1, 0.15) is 38.9 Å². The van der Waals surface area contributed by atoms with Crippen molar-refractivity contribution >= 4 is 11.3 Å². The van der Waals surface area contributed by atoms with Crippen LogP contribution < -0.4 is 11.3 Å². The Morgan fingerprint density at radius 1 is 1.32 bits per heavy atom. The van der Waals surface area contributed by atoms with E-state index in [1.54, 1.807) is 30.4 Å². The molecule has 1 aliphatic rings. The minimum Gasteiger partial charge on any atom is -0.271 e. The first-order chi connectivity index (χ1) is 9.19. The number of nitrogens with one attached hydrogen (secondary N) is 1. The van der Waals surface area contributed by atoms with E-state index in [1.165, 1.54) is 28.2 Å². The summed E-state index contributed by atoms with van der Waals surface area (Å²) < 4.78 is 13.7. The largest absolute Gasteiger partial charge is 0.271 e. The Bertz CT molecular complexity index is 585. The van der Waals surface area contributed by atoms with Gasteiger partial charge in [0.2, 0.25) is 0 Å². The number of nitrogens with two attached hydrogens (primary N) is 1. The van der Waals surface area contributed by atoms with Gasteiger partial charge in [-0.25, -0.2) is 9.82 Å². The minimum atomic E-state index is -0.179. The van der Waals surface area contributed by atoms with Crippen molar-refractivity contribution in [3.63, 3.8) is 0 Å². The van der Waals surface area contributed by atoms with Crippen molar-refractivity contribution in [3.05, 3.63) is 56.5 Å². The number of hydrazine groups is 1. The number of aryl methyl sites for hydroxylation is 3. The second kappa shape index (κ2) is 5.04. The molecule has 0 fully saturated rings. The zero-order valence-electron chi connectivity index (χ0n) is 10.9. The van der Waals surface area contributed by atoms with E-state index in [4.69, 9.17) is 5.84 Å². The molecule has 1 atom stereocenters. The van der Waals surface area contributed by atoms with E-state index >= 15 is 0 Å². The molecule has 1 aliphatic carbocycles. The third-order valence-corrected chi connectivity index (χ3v) is 5.05. The fraction of sp³-hybridized carbons (Fsp3) is 0.333. The van der Waals surface area contributed by atoms with Gasteiger partial charge in [0.15, 0.2) is 0 Å². The van der Waals surface area contributed by atoms with Crippen molar-refractivity contribution in [1.82, 2.24) is 5.43 Å². The number of rotatable bonds is 3. The van der Waals surface area contributed by atoms with E-state index in [-0.39, 0.29) is 11.9 Å². The van der Waals surface area contributed by atoms with Crippen molar-refractivity contribution in [3.8, 4) is 0 Å². The molecular weight excluding hydrogens is 259 g/mol. The number of halogens is 1. The van der Waals surface area contributed by atoms with E-state index < -0.39 is 0 Å². The van der Waals surface area contributed by atoms with Gasteiger partial charge < -0.3 is 0 Å². The summed E-state index contributed by atoms with van der Waals surface area (Å²) in [5, 5.41) is 0. The van der Waals surface area contributed by atoms with Crippen molar-refractivity contribution in [1.29, 1.82) is 0 Å². The molecule has 1 aromatic heterocycles. The molecular formula is C15H17FN2S. The third-order valence-electron chi connectivity index (χ3n) is 3.75. The summed E-state index contributed by atoms with van der Waals surface area (Å²) in [4.78, 5) is 2.64. The van der Waals surface area contributed by atoms with Gasteiger partial charge in [-0.1, -0.05) is 12.1 Å². The van der Waals surface area contributed by atoms with Crippen LogP contribution in [0.3, 0.4) is 0 Å². The van der Waals surface area contributed by atoms with E-state index in [1.807, 2.05) is 6.07 Å². The van der Waals surface area contributed by atoms with Crippen LogP contribution in [0.15, 0.2) is 24.3 Å². The van der Waals surface area contributed by atoms with Crippen LogP contribution in [0.5, 0.6) is 0 Å². The van der Waals surface area contributed by atoms with E-state index in [0.29, 0.717) is 5.56 Å². The van der Waals surface area contributed by atoms with Gasteiger partial charge in [-0.15, -0.1) is 11.3 Å². The van der Waals surface area contributed by atoms with Gasteiger partial charge in [0, 0.05) is 9.75 Å². The monoisotopic (exact) mass is 276 g/mol. The second-order valence-corrected chi connectivity index (χ2v) is 6.23. The van der Waals surface area contributed by atoms with E-state index in [2.05, 4.69) is 11.5 Å². The maximum absolute atomic E-state index is 13.7. The maximum Gasteiger partial charge on any atom is 0.126 e. The molecule has 0 saturated carbocycles. The van der Waals surface area contributed by atoms with Crippen LogP contribution in [0.2, 0.25) is 0 Å². The number of fused-ring (bicyclic) bond motifs is 1. The van der Waals surface area contributed by atoms with Crippen molar-refractivity contribution in [2.24, 2.45) is 5.84 Å². The van der Waals surface area contributed by atoms with E-state index in [0.717, 1.165) is 12.0 Å². The summed E-state index contributed by atoms with van der Waals surface area (Å²) in [6, 6.07) is 7.41. The molecule has 0 amide bonds. The summed E-state index contributed by atoms with van der Waals surface area (Å²) in [6.07, 6.45) is 3.58. The average molecular weight is 276 g/mol. The highest BCUT2D eigenvalue weighted by Crippen LogP contribution is 2.36. The highest BCUT2D eigenvalue weighted by atomic mass is 32.1. The Labute approximate surface area is 116 Å². The zero-order valence-corrected chi connectivity index (χ0v) is 11.7. The molecule has 1 unspecified atom stereocenters. The molecule has 1 aromatic carbocycles. The Hall–Kier alpha value is -1.23. The molecule has 4 heteroatoms. The first kappa shape index (κ1) is 12.8. The quantitative estimate of drug-likeness (QED) is 0.667. The van der Waals surface area contributed by atoms with Crippen molar-refractivity contribution in [2.45, 2.75) is 32.2 Å². The summed E-state index contributed by atoms with van der Waals surface area (Å²) in [6.45, 7) is 1.77. The summed E-state index contributed by atoms with van der Waals surface area (Å²) >= 11 is 1.79. The number of hydrogen-bond donors (Lipinski definition) is 2. The molecule has 0 spiro atoms. The zero-order chi connectivity index (χ0) is 13.4. The molecule has 100 valence electrons. The summed E-state index contributed by atoms with van der Waals surface area (Å²) in [5.74, 6) is 5.50. The predicted molar refractivity (Wildman–Crippen MR) is 76.6 cm³/mol. The highest BCUT2D eigenvalue weighted by molar-refractivity contribution is 7.12. The smallest absolute Gasteiger partial charge is 0.126 e. The standard InChI is InChI=1S/C15H17FN2S/c1-9-5-6-11(7-12(9)16)15(18-17)14-8-10-3-2-4-13(10)19-14/h5-8,15,18H,2-4,17H2,1H3. The molecule has 0 radical (unpaired) electrons. The fourth-order valence-electron chi connectivity index (χ4n) is 2.63. The number of hydrogen-bond acceptors (Lipinski definition) is 3. The fourth-order valence-corrected chi connectivity index (χ4v) is 3.97. The molecule has 3 N–H and O–H groups in total. The van der Waals surface area contributed by atoms with E-state index in [9.17, 15) is 4.39 Å². The van der Waals surface area contributed by atoms with Crippen molar-refractivity contribution < 1.29 is 4.39 Å². The molecule has 19 heavy (non-hydrogen) atoms.